The van der Waals surface area contributed by atoms with Crippen molar-refractivity contribution in [2.24, 2.45) is 0 Å². The predicted molar refractivity (Wildman–Crippen MR) is 46.7 cm³/mol. The van der Waals surface area contributed by atoms with Crippen molar-refractivity contribution < 1.29 is 4.74 Å². The van der Waals surface area contributed by atoms with E-state index in [2.05, 4.69) is 19.2 Å². The Morgan fingerprint density at radius 2 is 2.09 bits per heavy atom. The van der Waals surface area contributed by atoms with E-state index in [1.807, 2.05) is 0 Å². The maximum absolute atomic E-state index is 5.30. The molecule has 66 valence electrons. The molecule has 0 aromatic heterocycles. The molecule has 1 rings (SSSR count). The van der Waals surface area contributed by atoms with E-state index in [4.69, 9.17) is 4.74 Å². The summed E-state index contributed by atoms with van der Waals surface area (Å²) in [5.41, 5.74) is 0.0435. The molecule has 0 heterocycles. The van der Waals surface area contributed by atoms with Crippen molar-refractivity contribution >= 4 is 0 Å². The zero-order valence-electron chi connectivity index (χ0n) is 7.81. The molecule has 0 aromatic carbocycles. The van der Waals surface area contributed by atoms with Crippen molar-refractivity contribution in [3.63, 3.8) is 0 Å². The van der Waals surface area contributed by atoms with E-state index < -0.39 is 0 Å². The Hall–Kier alpha value is -0.0800. The van der Waals surface area contributed by atoms with Gasteiger partial charge in [-0.05, 0) is 39.7 Å². The third-order valence-corrected chi connectivity index (χ3v) is 2.29. The lowest BCUT2D eigenvalue weighted by Gasteiger charge is -2.22. The van der Waals surface area contributed by atoms with Gasteiger partial charge in [0.15, 0.2) is 0 Å². The fraction of sp³-hybridized carbons (Fsp3) is 1.00. The number of hydrogen-bond donors (Lipinski definition) is 1. The molecule has 0 aromatic rings. The van der Waals surface area contributed by atoms with E-state index in [0.29, 0.717) is 0 Å². The first-order chi connectivity index (χ1) is 5.14. The second-order valence-electron chi connectivity index (χ2n) is 3.94. The minimum atomic E-state index is 0.0435. The van der Waals surface area contributed by atoms with E-state index in [1.165, 1.54) is 12.8 Å². The van der Waals surface area contributed by atoms with Gasteiger partial charge in [0.05, 0.1) is 5.60 Å². The second-order valence-corrected chi connectivity index (χ2v) is 3.94. The van der Waals surface area contributed by atoms with Crippen LogP contribution in [0.5, 0.6) is 0 Å². The molecule has 1 aliphatic rings. The number of hydrogen-bond acceptors (Lipinski definition) is 2. The van der Waals surface area contributed by atoms with E-state index in [0.717, 1.165) is 19.0 Å². The molecule has 0 bridgehead atoms. The maximum atomic E-state index is 5.30. The lowest BCUT2D eigenvalue weighted by molar-refractivity contribution is 0.0158. The summed E-state index contributed by atoms with van der Waals surface area (Å²) in [6, 6.07) is 0.822. The van der Waals surface area contributed by atoms with Crippen LogP contribution in [0, 0.1) is 0 Å². The standard InChI is InChI=1S/C9H19NO/c1-9(2,11-3)6-7-10-8-4-5-8/h8,10H,4-7H2,1-3H3. The van der Waals surface area contributed by atoms with Crippen LogP contribution in [0.3, 0.4) is 0 Å². The predicted octanol–water partition coefficient (Wildman–Crippen LogP) is 1.55. The van der Waals surface area contributed by atoms with Crippen LogP contribution in [0.25, 0.3) is 0 Å². The van der Waals surface area contributed by atoms with Gasteiger partial charge in [0.25, 0.3) is 0 Å². The van der Waals surface area contributed by atoms with Gasteiger partial charge < -0.3 is 10.1 Å². The fourth-order valence-electron chi connectivity index (χ4n) is 0.967. The molecule has 2 heteroatoms. The SMILES string of the molecule is COC(C)(C)CCNC1CC1. The third-order valence-electron chi connectivity index (χ3n) is 2.29. The van der Waals surface area contributed by atoms with Crippen LogP contribution in [0.4, 0.5) is 0 Å². The zero-order chi connectivity index (χ0) is 8.32. The van der Waals surface area contributed by atoms with Crippen LogP contribution in [-0.2, 0) is 4.74 Å². The van der Waals surface area contributed by atoms with Gasteiger partial charge in [0, 0.05) is 13.2 Å². The van der Waals surface area contributed by atoms with Crippen molar-refractivity contribution in [2.75, 3.05) is 13.7 Å². The molecular formula is C9H19NO. The highest BCUT2D eigenvalue weighted by Crippen LogP contribution is 2.19. The van der Waals surface area contributed by atoms with Crippen LogP contribution in [-0.4, -0.2) is 25.3 Å². The summed E-state index contributed by atoms with van der Waals surface area (Å²) < 4.78 is 5.30. The van der Waals surface area contributed by atoms with Gasteiger partial charge in [-0.3, -0.25) is 0 Å². The fourth-order valence-corrected chi connectivity index (χ4v) is 0.967. The molecule has 1 fully saturated rings. The van der Waals surface area contributed by atoms with Gasteiger partial charge >= 0.3 is 0 Å². The van der Waals surface area contributed by atoms with E-state index in [-0.39, 0.29) is 5.60 Å². The van der Waals surface area contributed by atoms with Gasteiger partial charge in [-0.2, -0.15) is 0 Å². The monoisotopic (exact) mass is 157 g/mol. The average Bonchev–Trinajstić information content (AvgIpc) is 2.71. The largest absolute Gasteiger partial charge is 0.379 e. The Morgan fingerprint density at radius 1 is 1.45 bits per heavy atom. The second kappa shape index (κ2) is 3.55. The summed E-state index contributed by atoms with van der Waals surface area (Å²) in [6.07, 6.45) is 3.83. The van der Waals surface area contributed by atoms with Crippen LogP contribution in [0.15, 0.2) is 0 Å². The Kier molecular flexibility index (Phi) is 2.90. The van der Waals surface area contributed by atoms with Crippen LogP contribution in [0.1, 0.15) is 33.1 Å². The van der Waals surface area contributed by atoms with Crippen molar-refractivity contribution in [3.8, 4) is 0 Å². The van der Waals surface area contributed by atoms with E-state index in [1.54, 1.807) is 7.11 Å². The lowest BCUT2D eigenvalue weighted by Crippen LogP contribution is -2.29. The number of ether oxygens (including phenoxy) is 1. The molecule has 0 aliphatic heterocycles. The smallest absolute Gasteiger partial charge is 0.0634 e. The average molecular weight is 157 g/mol. The summed E-state index contributed by atoms with van der Waals surface area (Å²) in [5.74, 6) is 0. The summed E-state index contributed by atoms with van der Waals surface area (Å²) in [5, 5.41) is 3.47. The highest BCUT2D eigenvalue weighted by atomic mass is 16.5. The quantitative estimate of drug-likeness (QED) is 0.654. The molecule has 1 N–H and O–H groups in total. The molecule has 0 radical (unpaired) electrons. The third kappa shape index (κ3) is 3.73. The molecule has 2 nitrogen and oxygen atoms in total. The Labute approximate surface area is 69.3 Å². The van der Waals surface area contributed by atoms with E-state index in [9.17, 15) is 0 Å². The highest BCUT2D eigenvalue weighted by molar-refractivity contribution is 4.81. The Bertz CT molecular complexity index is 119. The molecule has 1 aliphatic carbocycles. The molecule has 0 unspecified atom stereocenters. The molecule has 0 atom stereocenters. The maximum Gasteiger partial charge on any atom is 0.0634 e. The van der Waals surface area contributed by atoms with Crippen molar-refractivity contribution in [2.45, 2.75) is 44.8 Å². The summed E-state index contributed by atoms with van der Waals surface area (Å²) in [7, 11) is 1.77. The first kappa shape index (κ1) is 9.01. The van der Waals surface area contributed by atoms with Crippen LogP contribution in [0.2, 0.25) is 0 Å². The molecule has 0 spiro atoms. The van der Waals surface area contributed by atoms with Gasteiger partial charge in [-0.1, -0.05) is 0 Å². The Balaban J connectivity index is 1.99. The summed E-state index contributed by atoms with van der Waals surface area (Å²) >= 11 is 0. The topological polar surface area (TPSA) is 21.3 Å². The first-order valence-electron chi connectivity index (χ1n) is 4.42. The zero-order valence-corrected chi connectivity index (χ0v) is 7.81. The number of rotatable bonds is 5. The van der Waals surface area contributed by atoms with Gasteiger partial charge in [0.2, 0.25) is 0 Å². The molecular weight excluding hydrogens is 138 g/mol. The van der Waals surface area contributed by atoms with Gasteiger partial charge in [-0.25, -0.2) is 0 Å². The molecule has 11 heavy (non-hydrogen) atoms. The van der Waals surface area contributed by atoms with Crippen molar-refractivity contribution in [1.82, 2.24) is 5.32 Å². The number of methoxy groups -OCH3 is 1. The summed E-state index contributed by atoms with van der Waals surface area (Å²) in [6.45, 7) is 5.34. The van der Waals surface area contributed by atoms with Gasteiger partial charge in [-0.15, -0.1) is 0 Å². The normalized spacial score (nSPS) is 18.8. The van der Waals surface area contributed by atoms with E-state index >= 15 is 0 Å². The molecule has 0 amide bonds. The van der Waals surface area contributed by atoms with Crippen LogP contribution >= 0.6 is 0 Å². The Morgan fingerprint density at radius 3 is 2.55 bits per heavy atom. The minimum Gasteiger partial charge on any atom is -0.379 e. The van der Waals surface area contributed by atoms with Gasteiger partial charge in [0.1, 0.15) is 0 Å². The molecule has 1 saturated carbocycles. The first-order valence-corrected chi connectivity index (χ1v) is 4.42. The molecule has 0 saturated heterocycles. The highest BCUT2D eigenvalue weighted by Gasteiger charge is 2.22. The number of nitrogens with one attached hydrogen (secondary N) is 1. The lowest BCUT2D eigenvalue weighted by atomic mass is 10.1. The van der Waals surface area contributed by atoms with Crippen molar-refractivity contribution in [3.05, 3.63) is 0 Å². The van der Waals surface area contributed by atoms with Crippen molar-refractivity contribution in [1.29, 1.82) is 0 Å². The summed E-state index contributed by atoms with van der Waals surface area (Å²) in [4.78, 5) is 0. The minimum absolute atomic E-state index is 0.0435. The van der Waals surface area contributed by atoms with Crippen LogP contribution < -0.4 is 5.32 Å².